The minimum Gasteiger partial charge on any atom is -0.368 e. The summed E-state index contributed by atoms with van der Waals surface area (Å²) in [7, 11) is 0. The van der Waals surface area contributed by atoms with Gasteiger partial charge in [0, 0.05) is 16.9 Å². The molecule has 0 bridgehead atoms. The van der Waals surface area contributed by atoms with Gasteiger partial charge in [-0.25, -0.2) is 0 Å². The second-order valence-corrected chi connectivity index (χ2v) is 4.40. The van der Waals surface area contributed by atoms with Crippen molar-refractivity contribution in [1.29, 1.82) is 0 Å². The van der Waals surface area contributed by atoms with E-state index < -0.39 is 0 Å². The van der Waals surface area contributed by atoms with Gasteiger partial charge in [-0.1, -0.05) is 18.2 Å². The third-order valence-electron chi connectivity index (χ3n) is 2.98. The molecule has 1 aliphatic carbocycles. The van der Waals surface area contributed by atoms with E-state index >= 15 is 0 Å². The molecule has 0 unspecified atom stereocenters. The van der Waals surface area contributed by atoms with Crippen molar-refractivity contribution in [2.24, 2.45) is 0 Å². The summed E-state index contributed by atoms with van der Waals surface area (Å²) in [6.07, 6.45) is 2.40. The highest BCUT2D eigenvalue weighted by Gasteiger charge is 2.24. The molecule has 0 amide bonds. The van der Waals surface area contributed by atoms with Crippen LogP contribution in [0.1, 0.15) is 30.1 Å². The van der Waals surface area contributed by atoms with Gasteiger partial charge in [-0.05, 0) is 25.8 Å². The largest absolute Gasteiger partial charge is 0.368 e. The summed E-state index contributed by atoms with van der Waals surface area (Å²) in [5.41, 5.74) is 1.82. The molecule has 82 valence electrons. The Balaban J connectivity index is 2.17. The first-order chi connectivity index (χ1) is 7.75. The molecular formula is C13H14N2O. The summed E-state index contributed by atoms with van der Waals surface area (Å²) in [5, 5.41) is 4.39. The van der Waals surface area contributed by atoms with Crippen molar-refractivity contribution in [3.05, 3.63) is 29.8 Å². The van der Waals surface area contributed by atoms with Gasteiger partial charge in [0.15, 0.2) is 5.78 Å². The van der Waals surface area contributed by atoms with Crippen molar-refractivity contribution in [2.45, 2.75) is 25.8 Å². The van der Waals surface area contributed by atoms with Crippen LogP contribution in [0.2, 0.25) is 0 Å². The molecule has 1 aliphatic rings. The van der Waals surface area contributed by atoms with E-state index in [1.165, 1.54) is 12.8 Å². The lowest BCUT2D eigenvalue weighted by atomic mass is 10.1. The zero-order valence-corrected chi connectivity index (χ0v) is 9.21. The number of aromatic nitrogens is 1. The number of fused-ring (bicyclic) bond motifs is 1. The van der Waals surface area contributed by atoms with E-state index in [1.54, 1.807) is 6.92 Å². The van der Waals surface area contributed by atoms with Gasteiger partial charge in [-0.15, -0.1) is 0 Å². The Kier molecular flexibility index (Phi) is 1.99. The van der Waals surface area contributed by atoms with Crippen molar-refractivity contribution in [3.63, 3.8) is 0 Å². The van der Waals surface area contributed by atoms with Gasteiger partial charge < -0.3 is 10.3 Å². The molecule has 1 aromatic carbocycles. The van der Waals surface area contributed by atoms with Crippen molar-refractivity contribution in [3.8, 4) is 0 Å². The van der Waals surface area contributed by atoms with Crippen molar-refractivity contribution >= 4 is 22.5 Å². The van der Waals surface area contributed by atoms with Crippen LogP contribution in [0.25, 0.3) is 10.9 Å². The fourth-order valence-electron chi connectivity index (χ4n) is 2.05. The summed E-state index contributed by atoms with van der Waals surface area (Å²) in [6, 6.07) is 8.47. The smallest absolute Gasteiger partial charge is 0.164 e. The lowest BCUT2D eigenvalue weighted by Crippen LogP contribution is -2.05. The van der Waals surface area contributed by atoms with Crippen LogP contribution in [0.5, 0.6) is 0 Å². The average Bonchev–Trinajstić information content (AvgIpc) is 2.97. The molecule has 3 nitrogen and oxygen atoms in total. The second kappa shape index (κ2) is 3.37. The number of carbonyl (C=O) groups excluding carboxylic acids is 1. The van der Waals surface area contributed by atoms with Gasteiger partial charge >= 0.3 is 0 Å². The molecule has 0 atom stereocenters. The fourth-order valence-corrected chi connectivity index (χ4v) is 2.05. The number of hydrogen-bond donors (Lipinski definition) is 2. The summed E-state index contributed by atoms with van der Waals surface area (Å²) in [5.74, 6) is 0.997. The second-order valence-electron chi connectivity index (χ2n) is 4.40. The van der Waals surface area contributed by atoms with Crippen LogP contribution in [0.4, 0.5) is 5.82 Å². The van der Waals surface area contributed by atoms with Gasteiger partial charge in [0.05, 0.1) is 5.56 Å². The maximum atomic E-state index is 11.7. The number of carbonyl (C=O) groups is 1. The molecule has 16 heavy (non-hydrogen) atoms. The molecule has 0 radical (unpaired) electrons. The molecule has 3 rings (SSSR count). The average molecular weight is 214 g/mol. The van der Waals surface area contributed by atoms with Gasteiger partial charge in [0.2, 0.25) is 0 Å². The van der Waals surface area contributed by atoms with Gasteiger partial charge in [-0.2, -0.15) is 0 Å². The van der Waals surface area contributed by atoms with E-state index in [4.69, 9.17) is 0 Å². The molecule has 1 heterocycles. The van der Waals surface area contributed by atoms with Crippen LogP contribution in [0, 0.1) is 0 Å². The molecule has 1 aromatic heterocycles. The van der Waals surface area contributed by atoms with Crippen molar-refractivity contribution < 1.29 is 4.79 Å². The lowest BCUT2D eigenvalue weighted by Gasteiger charge is -2.03. The molecule has 2 N–H and O–H groups in total. The van der Waals surface area contributed by atoms with Crippen LogP contribution < -0.4 is 5.32 Å². The molecule has 1 saturated carbocycles. The maximum absolute atomic E-state index is 11.7. The topological polar surface area (TPSA) is 44.9 Å². The lowest BCUT2D eigenvalue weighted by molar-refractivity contribution is 0.102. The number of rotatable bonds is 3. The summed E-state index contributed by atoms with van der Waals surface area (Å²) >= 11 is 0. The quantitative estimate of drug-likeness (QED) is 0.771. The normalized spacial score (nSPS) is 15.3. The van der Waals surface area contributed by atoms with Gasteiger partial charge in [0.25, 0.3) is 0 Å². The molecule has 2 aromatic rings. The number of benzene rings is 1. The van der Waals surface area contributed by atoms with Crippen LogP contribution in [0.3, 0.4) is 0 Å². The highest BCUT2D eigenvalue weighted by atomic mass is 16.1. The van der Waals surface area contributed by atoms with Crippen molar-refractivity contribution in [1.82, 2.24) is 4.98 Å². The number of para-hydroxylation sites is 1. The summed E-state index contributed by atoms with van der Waals surface area (Å²) in [4.78, 5) is 15.0. The Bertz CT molecular complexity index is 552. The molecular weight excluding hydrogens is 200 g/mol. The van der Waals surface area contributed by atoms with E-state index in [9.17, 15) is 4.79 Å². The van der Waals surface area contributed by atoms with Crippen LogP contribution >= 0.6 is 0 Å². The first kappa shape index (κ1) is 9.46. The summed E-state index contributed by atoms with van der Waals surface area (Å²) in [6.45, 7) is 1.62. The molecule has 3 heteroatoms. The first-order valence-electron chi connectivity index (χ1n) is 5.64. The first-order valence-corrected chi connectivity index (χ1v) is 5.64. The number of anilines is 1. The number of hydrogen-bond acceptors (Lipinski definition) is 2. The number of ketones is 1. The predicted octanol–water partition coefficient (Wildman–Crippen LogP) is 2.94. The highest BCUT2D eigenvalue weighted by molar-refractivity contribution is 6.11. The minimum absolute atomic E-state index is 0.112. The summed E-state index contributed by atoms with van der Waals surface area (Å²) < 4.78 is 0. The zero-order valence-electron chi connectivity index (χ0n) is 9.21. The zero-order chi connectivity index (χ0) is 11.1. The number of nitrogens with one attached hydrogen (secondary N) is 2. The predicted molar refractivity (Wildman–Crippen MR) is 64.9 cm³/mol. The SMILES string of the molecule is CC(=O)c1c(NC2CC2)[nH]c2ccccc12. The highest BCUT2D eigenvalue weighted by Crippen LogP contribution is 2.31. The molecule has 0 spiro atoms. The minimum atomic E-state index is 0.112. The number of Topliss-reactive ketones (excluding diaryl/α,β-unsaturated/α-hetero) is 1. The number of H-pyrrole nitrogens is 1. The Morgan fingerprint density at radius 1 is 1.38 bits per heavy atom. The van der Waals surface area contributed by atoms with E-state index in [0.717, 1.165) is 22.3 Å². The van der Waals surface area contributed by atoms with Gasteiger partial charge in [-0.3, -0.25) is 4.79 Å². The van der Waals surface area contributed by atoms with E-state index in [-0.39, 0.29) is 5.78 Å². The van der Waals surface area contributed by atoms with E-state index in [2.05, 4.69) is 10.3 Å². The molecule has 1 fully saturated rings. The Morgan fingerprint density at radius 3 is 2.81 bits per heavy atom. The van der Waals surface area contributed by atoms with Crippen LogP contribution in [0.15, 0.2) is 24.3 Å². The third kappa shape index (κ3) is 1.48. The monoisotopic (exact) mass is 214 g/mol. The van der Waals surface area contributed by atoms with Crippen LogP contribution in [-0.4, -0.2) is 16.8 Å². The maximum Gasteiger partial charge on any atom is 0.164 e. The number of aromatic amines is 1. The fraction of sp³-hybridized carbons (Fsp3) is 0.308. The third-order valence-corrected chi connectivity index (χ3v) is 2.98. The Labute approximate surface area is 93.9 Å². The van der Waals surface area contributed by atoms with Gasteiger partial charge in [0.1, 0.15) is 5.82 Å². The Morgan fingerprint density at radius 2 is 2.12 bits per heavy atom. The van der Waals surface area contributed by atoms with E-state index in [1.807, 2.05) is 24.3 Å². The Hall–Kier alpha value is -1.77. The van der Waals surface area contributed by atoms with E-state index in [0.29, 0.717) is 6.04 Å². The standard InChI is InChI=1S/C13H14N2O/c1-8(16)12-10-4-2-3-5-11(10)15-13(12)14-9-6-7-9/h2-5,9,14-15H,6-7H2,1H3. The van der Waals surface area contributed by atoms with Crippen LogP contribution in [-0.2, 0) is 0 Å². The molecule has 0 saturated heterocycles. The molecule has 0 aliphatic heterocycles. The van der Waals surface area contributed by atoms with Crippen molar-refractivity contribution in [2.75, 3.05) is 5.32 Å².